The Morgan fingerprint density at radius 3 is 2.11 bits per heavy atom. The first-order chi connectivity index (χ1) is 17.6. The molecule has 0 N–H and O–H groups in total. The predicted octanol–water partition coefficient (Wildman–Crippen LogP) is 7.14. The third-order valence-electron chi connectivity index (χ3n) is 6.55. The van der Waals surface area contributed by atoms with Gasteiger partial charge in [-0.15, -0.1) is 11.6 Å². The molecular formula is C26H39ClF2O6S2. The molecule has 2 atom stereocenters. The molecule has 212 valence electrons. The fourth-order valence-electron chi connectivity index (χ4n) is 4.38. The van der Waals surface area contributed by atoms with Crippen LogP contribution in [0.4, 0.5) is 8.78 Å². The molecule has 0 aliphatic heterocycles. The summed E-state index contributed by atoms with van der Waals surface area (Å²) in [6, 6.07) is 8.05. The van der Waals surface area contributed by atoms with Crippen molar-refractivity contribution >= 4 is 43.8 Å². The van der Waals surface area contributed by atoms with E-state index in [1.165, 1.54) is 6.26 Å². The molecule has 1 aliphatic rings. The maximum absolute atomic E-state index is 14.8. The van der Waals surface area contributed by atoms with Crippen LogP contribution in [0.15, 0.2) is 35.2 Å². The molecule has 1 aromatic carbocycles. The van der Waals surface area contributed by atoms with Crippen LogP contribution in [0.1, 0.15) is 83.5 Å². The zero-order chi connectivity index (χ0) is 27.4. The molecule has 37 heavy (non-hydrogen) atoms. The number of carbonyl (C=O) groups is 2. The Morgan fingerprint density at radius 1 is 0.973 bits per heavy atom. The lowest BCUT2D eigenvalue weighted by atomic mass is 9.99. The van der Waals surface area contributed by atoms with E-state index in [0.717, 1.165) is 44.9 Å². The molecule has 2 rings (SSSR count). The Labute approximate surface area is 226 Å². The first-order valence-electron chi connectivity index (χ1n) is 13.0. The monoisotopic (exact) mass is 584 g/mol. The maximum Gasteiger partial charge on any atom is 0.466 e. The van der Waals surface area contributed by atoms with Gasteiger partial charge in [0.05, 0.1) is 11.9 Å². The molecule has 0 bridgehead atoms. The van der Waals surface area contributed by atoms with Crippen molar-refractivity contribution in [3.05, 3.63) is 30.3 Å². The third kappa shape index (κ3) is 9.18. The summed E-state index contributed by atoms with van der Waals surface area (Å²) in [5, 5.41) is -5.75. The molecule has 2 unspecified atom stereocenters. The minimum atomic E-state index is -5.73. The Kier molecular flexibility index (Phi) is 13.3. The van der Waals surface area contributed by atoms with Gasteiger partial charge < -0.3 is 4.74 Å². The second kappa shape index (κ2) is 15.4. The molecule has 0 aromatic heterocycles. The molecule has 0 spiro atoms. The van der Waals surface area contributed by atoms with E-state index >= 15 is 0 Å². The lowest BCUT2D eigenvalue weighted by Crippen LogP contribution is -2.43. The molecule has 1 aromatic rings. The summed E-state index contributed by atoms with van der Waals surface area (Å²) in [5.41, 5.74) is 0. The Balaban J connectivity index is 1.94. The van der Waals surface area contributed by atoms with Gasteiger partial charge in [0.15, 0.2) is 0 Å². The normalized spacial score (nSPS) is 19.2. The predicted molar refractivity (Wildman–Crippen MR) is 144 cm³/mol. The SMILES string of the molecule is CS(OS(=O)(=O)C(F)(F)C(=O)OCCCCCCCCCCCCl)(c1ccccc1)C1CCCCC1=O. The highest BCUT2D eigenvalue weighted by atomic mass is 35.5. The molecule has 0 amide bonds. The van der Waals surface area contributed by atoms with Crippen molar-refractivity contribution in [3.8, 4) is 0 Å². The number of benzene rings is 1. The van der Waals surface area contributed by atoms with E-state index in [0.29, 0.717) is 42.9 Å². The average Bonchev–Trinajstić information content (AvgIpc) is 2.87. The number of rotatable bonds is 17. The van der Waals surface area contributed by atoms with E-state index in [4.69, 9.17) is 15.2 Å². The molecule has 1 saturated carbocycles. The minimum absolute atomic E-state index is 0.219. The maximum atomic E-state index is 14.8. The Morgan fingerprint density at radius 2 is 1.54 bits per heavy atom. The average molecular weight is 585 g/mol. The van der Waals surface area contributed by atoms with Crippen LogP contribution >= 0.6 is 21.9 Å². The summed E-state index contributed by atoms with van der Waals surface area (Å²) in [7, 11) is -8.75. The number of ether oxygens (including phenoxy) is 1. The lowest BCUT2D eigenvalue weighted by Gasteiger charge is -2.42. The van der Waals surface area contributed by atoms with E-state index in [1.54, 1.807) is 30.3 Å². The van der Waals surface area contributed by atoms with E-state index < -0.39 is 36.9 Å². The number of alkyl halides is 3. The summed E-state index contributed by atoms with van der Waals surface area (Å²) in [6.45, 7) is -0.302. The van der Waals surface area contributed by atoms with Gasteiger partial charge in [-0.25, -0.2) is 8.42 Å². The standard InChI is InChI=1S/C26H39ClF2O6S2/c1-36(22-16-10-9-11-17-22,24-19-13-12-18-23(24)30)35-37(32,33)26(28,29)25(31)34-21-15-8-6-4-2-3-5-7-14-20-27/h9-11,16-17,24H,2-8,12-15,18-21H2,1H3. The number of esters is 1. The largest absolute Gasteiger partial charge is 0.466 e. The van der Waals surface area contributed by atoms with Crippen LogP contribution in [-0.4, -0.2) is 49.4 Å². The van der Waals surface area contributed by atoms with E-state index in [2.05, 4.69) is 4.74 Å². The van der Waals surface area contributed by atoms with Crippen molar-refractivity contribution < 1.29 is 35.2 Å². The fourth-order valence-corrected chi connectivity index (χ4v) is 9.62. The number of hydrogen-bond acceptors (Lipinski definition) is 6. The number of carbonyl (C=O) groups excluding carboxylic acids is 2. The van der Waals surface area contributed by atoms with Gasteiger partial charge in [-0.2, -0.15) is 17.2 Å². The molecule has 11 heteroatoms. The van der Waals surface area contributed by atoms with Crippen LogP contribution in [-0.2, 0) is 28.1 Å². The van der Waals surface area contributed by atoms with Gasteiger partial charge in [-0.1, -0.05) is 79.9 Å². The first-order valence-corrected chi connectivity index (χ1v) is 16.9. The third-order valence-corrected chi connectivity index (χ3v) is 12.2. The zero-order valence-corrected chi connectivity index (χ0v) is 23.9. The smallest absolute Gasteiger partial charge is 0.460 e. The summed E-state index contributed by atoms with van der Waals surface area (Å²) >= 11 is 5.64. The van der Waals surface area contributed by atoms with Gasteiger partial charge in [-0.05, 0) is 44.1 Å². The zero-order valence-electron chi connectivity index (χ0n) is 21.5. The molecule has 0 radical (unpaired) electrons. The van der Waals surface area contributed by atoms with Crippen molar-refractivity contribution in [2.24, 2.45) is 0 Å². The lowest BCUT2D eigenvalue weighted by molar-refractivity contribution is -0.161. The van der Waals surface area contributed by atoms with Crippen LogP contribution in [0, 0.1) is 0 Å². The molecule has 1 aliphatic carbocycles. The number of Topliss-reactive ketones (excluding diaryl/α,β-unsaturated/α-hetero) is 1. The van der Waals surface area contributed by atoms with Gasteiger partial charge in [-0.3, -0.25) is 4.79 Å². The molecule has 1 fully saturated rings. The first kappa shape index (κ1) is 32.0. The van der Waals surface area contributed by atoms with Gasteiger partial charge in [0.1, 0.15) is 5.78 Å². The van der Waals surface area contributed by atoms with E-state index in [9.17, 15) is 26.8 Å². The van der Waals surface area contributed by atoms with Crippen LogP contribution in [0.25, 0.3) is 0 Å². The second-order valence-electron chi connectivity index (χ2n) is 9.46. The fraction of sp³-hybridized carbons (Fsp3) is 0.692. The quantitative estimate of drug-likeness (QED) is 0.110. The van der Waals surface area contributed by atoms with Crippen LogP contribution < -0.4 is 0 Å². The second-order valence-corrected chi connectivity index (χ2v) is 14.7. The highest BCUT2D eigenvalue weighted by molar-refractivity contribution is 8.33. The topological polar surface area (TPSA) is 86.7 Å². The van der Waals surface area contributed by atoms with Crippen LogP contribution in [0.2, 0.25) is 0 Å². The van der Waals surface area contributed by atoms with Crippen molar-refractivity contribution in [2.75, 3.05) is 18.7 Å². The van der Waals surface area contributed by atoms with Crippen molar-refractivity contribution in [1.29, 1.82) is 0 Å². The number of halogens is 3. The molecule has 0 saturated heterocycles. The Bertz CT molecular complexity index is 961. The summed E-state index contributed by atoms with van der Waals surface area (Å²) in [6.07, 6.45) is 11.6. The number of ketones is 1. The van der Waals surface area contributed by atoms with Crippen LogP contribution in [0.3, 0.4) is 0 Å². The highest BCUT2D eigenvalue weighted by Gasteiger charge is 2.59. The summed E-state index contributed by atoms with van der Waals surface area (Å²) in [5.74, 6) is -1.70. The Hall–Kier alpha value is -1.23. The van der Waals surface area contributed by atoms with Gasteiger partial charge in [0.2, 0.25) is 0 Å². The van der Waals surface area contributed by atoms with Crippen molar-refractivity contribution in [3.63, 3.8) is 0 Å². The van der Waals surface area contributed by atoms with Gasteiger partial charge in [0, 0.05) is 17.2 Å². The van der Waals surface area contributed by atoms with E-state index in [-0.39, 0.29) is 18.8 Å². The highest BCUT2D eigenvalue weighted by Crippen LogP contribution is 2.62. The molecular weight excluding hydrogens is 546 g/mol. The number of unbranched alkanes of at least 4 members (excludes halogenated alkanes) is 8. The molecule has 0 heterocycles. The number of hydrogen-bond donors (Lipinski definition) is 0. The van der Waals surface area contributed by atoms with Crippen molar-refractivity contribution in [2.45, 2.75) is 98.9 Å². The molecule has 6 nitrogen and oxygen atoms in total. The summed E-state index contributed by atoms with van der Waals surface area (Å²) in [4.78, 5) is 25.2. The minimum Gasteiger partial charge on any atom is -0.460 e. The van der Waals surface area contributed by atoms with E-state index in [1.807, 2.05) is 0 Å². The van der Waals surface area contributed by atoms with Gasteiger partial charge in [0.25, 0.3) is 0 Å². The van der Waals surface area contributed by atoms with Crippen molar-refractivity contribution in [1.82, 2.24) is 0 Å². The van der Waals surface area contributed by atoms with Gasteiger partial charge >= 0.3 is 21.3 Å². The summed E-state index contributed by atoms with van der Waals surface area (Å²) < 4.78 is 65.0. The van der Waals surface area contributed by atoms with Crippen LogP contribution in [0.5, 0.6) is 0 Å².